The third-order valence-corrected chi connectivity index (χ3v) is 3.76. The Morgan fingerprint density at radius 1 is 1.22 bits per heavy atom. The molecule has 2 heterocycles. The van der Waals surface area contributed by atoms with Gasteiger partial charge in [0, 0.05) is 24.5 Å². The summed E-state index contributed by atoms with van der Waals surface area (Å²) in [6, 6.07) is 4.18. The molecule has 0 aliphatic carbocycles. The second-order valence-electron chi connectivity index (χ2n) is 4.95. The maximum atomic E-state index is 11.3. The van der Waals surface area contributed by atoms with Crippen LogP contribution in [0.3, 0.4) is 0 Å². The molecule has 1 aromatic carbocycles. The molecule has 0 saturated carbocycles. The highest BCUT2D eigenvalue weighted by Crippen LogP contribution is 2.37. The van der Waals surface area contributed by atoms with Gasteiger partial charge in [-0.1, -0.05) is 0 Å². The van der Waals surface area contributed by atoms with Gasteiger partial charge in [0.05, 0.1) is 7.11 Å². The van der Waals surface area contributed by atoms with Crippen LogP contribution >= 0.6 is 0 Å². The molecule has 0 aromatic heterocycles. The van der Waals surface area contributed by atoms with E-state index in [9.17, 15) is 4.79 Å². The van der Waals surface area contributed by atoms with Crippen molar-refractivity contribution in [3.63, 3.8) is 0 Å². The minimum atomic E-state index is -0.398. The molecule has 0 spiro atoms. The normalized spacial score (nSPS) is 17.1. The lowest BCUT2D eigenvalue weighted by Crippen LogP contribution is -2.34. The molecule has 4 nitrogen and oxygen atoms in total. The molecule has 0 atom stereocenters. The molecule has 18 heavy (non-hydrogen) atoms. The van der Waals surface area contributed by atoms with Crippen molar-refractivity contribution < 1.29 is 9.53 Å². The Hall–Kier alpha value is -1.71. The first-order valence-corrected chi connectivity index (χ1v) is 6.53. The number of nitrogens with one attached hydrogen (secondary N) is 1. The molecule has 3 rings (SSSR count). The van der Waals surface area contributed by atoms with E-state index in [-0.39, 0.29) is 0 Å². The van der Waals surface area contributed by atoms with Crippen molar-refractivity contribution in [3.05, 3.63) is 23.3 Å². The van der Waals surface area contributed by atoms with E-state index in [0.717, 1.165) is 18.5 Å². The van der Waals surface area contributed by atoms with Crippen molar-refractivity contribution in [2.24, 2.45) is 0 Å². The number of ether oxygens (including phenoxy) is 1. The maximum Gasteiger partial charge on any atom is 0.411 e. The van der Waals surface area contributed by atoms with Crippen molar-refractivity contribution in [2.75, 3.05) is 30.4 Å². The largest absolute Gasteiger partial charge is 0.453 e. The SMILES string of the molecule is COC(=O)Nc1cc2c3c(c1)CCCN3CCC2. The van der Waals surface area contributed by atoms with Gasteiger partial charge in [0.1, 0.15) is 0 Å². The fourth-order valence-electron chi connectivity index (χ4n) is 3.04. The van der Waals surface area contributed by atoms with Crippen LogP contribution in [0.5, 0.6) is 0 Å². The van der Waals surface area contributed by atoms with Crippen LogP contribution in [0.2, 0.25) is 0 Å². The van der Waals surface area contributed by atoms with Crippen molar-refractivity contribution in [1.29, 1.82) is 0 Å². The minimum absolute atomic E-state index is 0.398. The highest BCUT2D eigenvalue weighted by Gasteiger charge is 2.24. The van der Waals surface area contributed by atoms with Gasteiger partial charge < -0.3 is 9.64 Å². The number of benzene rings is 1. The van der Waals surface area contributed by atoms with E-state index in [1.807, 2.05) is 0 Å². The molecule has 2 aliphatic heterocycles. The van der Waals surface area contributed by atoms with E-state index in [1.165, 1.54) is 49.9 Å². The zero-order chi connectivity index (χ0) is 12.5. The maximum absolute atomic E-state index is 11.3. The zero-order valence-electron chi connectivity index (χ0n) is 10.7. The molecule has 0 bridgehead atoms. The lowest BCUT2D eigenvalue weighted by Gasteiger charge is -2.37. The summed E-state index contributed by atoms with van der Waals surface area (Å²) in [6.45, 7) is 2.34. The Kier molecular flexibility index (Phi) is 2.86. The zero-order valence-corrected chi connectivity index (χ0v) is 10.7. The van der Waals surface area contributed by atoms with Gasteiger partial charge >= 0.3 is 6.09 Å². The summed E-state index contributed by atoms with van der Waals surface area (Å²) in [5.41, 5.74) is 5.01. The number of nitrogens with zero attached hydrogens (tertiary/aromatic N) is 1. The summed E-state index contributed by atoms with van der Waals surface area (Å²) in [5, 5.41) is 2.78. The fraction of sp³-hybridized carbons (Fsp3) is 0.500. The van der Waals surface area contributed by atoms with Crippen LogP contribution < -0.4 is 10.2 Å². The predicted octanol–water partition coefficient (Wildman–Crippen LogP) is 2.56. The number of aryl methyl sites for hydroxylation is 2. The van der Waals surface area contributed by atoms with Crippen molar-refractivity contribution in [3.8, 4) is 0 Å². The smallest absolute Gasteiger partial charge is 0.411 e. The van der Waals surface area contributed by atoms with Gasteiger partial charge in [-0.05, 0) is 48.9 Å². The third-order valence-electron chi connectivity index (χ3n) is 3.76. The molecule has 1 N–H and O–H groups in total. The van der Waals surface area contributed by atoms with E-state index in [4.69, 9.17) is 0 Å². The Labute approximate surface area is 107 Å². The Balaban J connectivity index is 1.98. The number of methoxy groups -OCH3 is 1. The van der Waals surface area contributed by atoms with Gasteiger partial charge in [0.2, 0.25) is 0 Å². The highest BCUT2D eigenvalue weighted by atomic mass is 16.5. The van der Waals surface area contributed by atoms with E-state index >= 15 is 0 Å². The van der Waals surface area contributed by atoms with Crippen LogP contribution in [0, 0.1) is 0 Å². The van der Waals surface area contributed by atoms with E-state index < -0.39 is 6.09 Å². The molecule has 2 aliphatic rings. The van der Waals surface area contributed by atoms with Gasteiger partial charge in [0.15, 0.2) is 0 Å². The molecule has 1 aromatic rings. The first-order valence-electron chi connectivity index (χ1n) is 6.53. The van der Waals surface area contributed by atoms with Gasteiger partial charge in [-0.15, -0.1) is 0 Å². The number of rotatable bonds is 1. The summed E-state index contributed by atoms with van der Waals surface area (Å²) < 4.78 is 4.65. The number of amides is 1. The molecule has 4 heteroatoms. The molecule has 0 fully saturated rings. The second kappa shape index (κ2) is 4.52. The van der Waals surface area contributed by atoms with Crippen molar-refractivity contribution in [2.45, 2.75) is 25.7 Å². The number of anilines is 2. The summed E-state index contributed by atoms with van der Waals surface area (Å²) in [7, 11) is 1.39. The van der Waals surface area contributed by atoms with Gasteiger partial charge in [-0.3, -0.25) is 5.32 Å². The van der Waals surface area contributed by atoms with Crippen LogP contribution in [0.4, 0.5) is 16.2 Å². The number of hydrogen-bond donors (Lipinski definition) is 1. The first kappa shape index (κ1) is 11.4. The van der Waals surface area contributed by atoms with Gasteiger partial charge in [-0.2, -0.15) is 0 Å². The quantitative estimate of drug-likeness (QED) is 0.828. The van der Waals surface area contributed by atoms with Gasteiger partial charge in [-0.25, -0.2) is 4.79 Å². The lowest BCUT2D eigenvalue weighted by molar-refractivity contribution is 0.187. The molecule has 96 valence electrons. The summed E-state index contributed by atoms with van der Waals surface area (Å²) in [5.74, 6) is 0. The minimum Gasteiger partial charge on any atom is -0.453 e. The second-order valence-corrected chi connectivity index (χ2v) is 4.95. The highest BCUT2D eigenvalue weighted by molar-refractivity contribution is 5.86. The van der Waals surface area contributed by atoms with Crippen LogP contribution in [-0.4, -0.2) is 26.3 Å². The molecular weight excluding hydrogens is 228 g/mol. The molecule has 0 unspecified atom stereocenters. The summed E-state index contributed by atoms with van der Waals surface area (Å²) >= 11 is 0. The average molecular weight is 246 g/mol. The van der Waals surface area contributed by atoms with Crippen LogP contribution in [0.15, 0.2) is 12.1 Å². The van der Waals surface area contributed by atoms with Gasteiger partial charge in [0.25, 0.3) is 0 Å². The monoisotopic (exact) mass is 246 g/mol. The average Bonchev–Trinajstić information content (AvgIpc) is 2.39. The number of carbonyl (C=O) groups excluding carboxylic acids is 1. The van der Waals surface area contributed by atoms with Crippen LogP contribution in [0.25, 0.3) is 0 Å². The predicted molar refractivity (Wildman–Crippen MR) is 71.3 cm³/mol. The number of hydrogen-bond acceptors (Lipinski definition) is 3. The Morgan fingerprint density at radius 3 is 2.39 bits per heavy atom. The molecule has 1 amide bonds. The van der Waals surface area contributed by atoms with Crippen LogP contribution in [0.1, 0.15) is 24.0 Å². The number of carbonyl (C=O) groups is 1. The Morgan fingerprint density at radius 2 is 1.83 bits per heavy atom. The van der Waals surface area contributed by atoms with Crippen LogP contribution in [-0.2, 0) is 17.6 Å². The lowest BCUT2D eigenvalue weighted by atomic mass is 9.91. The molecule has 0 radical (unpaired) electrons. The van der Waals surface area contributed by atoms with E-state index in [2.05, 4.69) is 27.1 Å². The fourth-order valence-corrected chi connectivity index (χ4v) is 3.04. The van der Waals surface area contributed by atoms with E-state index in [1.54, 1.807) is 0 Å². The summed E-state index contributed by atoms with van der Waals surface area (Å²) in [4.78, 5) is 13.8. The van der Waals surface area contributed by atoms with Crippen molar-refractivity contribution >= 4 is 17.5 Å². The summed E-state index contributed by atoms with van der Waals surface area (Å²) in [6.07, 6.45) is 4.22. The Bertz CT molecular complexity index is 454. The molecular formula is C14H18N2O2. The third kappa shape index (κ3) is 1.92. The topological polar surface area (TPSA) is 41.6 Å². The standard InChI is InChI=1S/C14H18N2O2/c1-18-14(17)15-12-8-10-4-2-6-16-7-3-5-11(9-12)13(10)16/h8-9H,2-7H2,1H3,(H,15,17). The molecule has 0 saturated heterocycles. The van der Waals surface area contributed by atoms with Crippen molar-refractivity contribution in [1.82, 2.24) is 0 Å². The first-order chi connectivity index (χ1) is 8.78. The van der Waals surface area contributed by atoms with E-state index in [0.29, 0.717) is 0 Å².